The summed E-state index contributed by atoms with van der Waals surface area (Å²) in [6, 6.07) is 15.3. The van der Waals surface area contributed by atoms with Crippen molar-refractivity contribution in [3.8, 4) is 11.5 Å². The van der Waals surface area contributed by atoms with Crippen molar-refractivity contribution in [1.29, 1.82) is 0 Å². The van der Waals surface area contributed by atoms with Crippen LogP contribution >= 0.6 is 15.9 Å². The molecule has 2 aromatic rings. The number of carbonyl (C=O) groups excluding carboxylic acids is 1. The number of hydrogen-bond acceptors (Lipinski definition) is 3. The number of ketones is 1. The monoisotopic (exact) mass is 376 g/mol. The van der Waals surface area contributed by atoms with Gasteiger partial charge < -0.3 is 9.47 Å². The van der Waals surface area contributed by atoms with Crippen LogP contribution in [0, 0.1) is 0 Å². The van der Waals surface area contributed by atoms with Crippen LogP contribution in [-0.4, -0.2) is 17.7 Å². The van der Waals surface area contributed by atoms with E-state index in [2.05, 4.69) is 22.9 Å². The third-order valence-electron chi connectivity index (χ3n) is 3.38. The topological polar surface area (TPSA) is 35.5 Å². The summed E-state index contributed by atoms with van der Waals surface area (Å²) in [5.74, 6) is 1.29. The number of carbonyl (C=O) groups is 1. The zero-order chi connectivity index (χ0) is 16.5. The Morgan fingerprint density at radius 3 is 2.57 bits per heavy atom. The molecule has 2 aromatic carbocycles. The van der Waals surface area contributed by atoms with Gasteiger partial charge in [-0.1, -0.05) is 59.6 Å². The number of rotatable bonds is 9. The highest BCUT2D eigenvalue weighted by Gasteiger charge is 2.13. The summed E-state index contributed by atoms with van der Waals surface area (Å²) in [4.78, 5) is 12.0. The fraction of sp³-hybridized carbons (Fsp3) is 0.316. The molecule has 0 unspecified atom stereocenters. The molecule has 2 rings (SSSR count). The Morgan fingerprint density at radius 2 is 1.87 bits per heavy atom. The summed E-state index contributed by atoms with van der Waals surface area (Å²) in [6.07, 6.45) is 2.08. The van der Waals surface area contributed by atoms with Crippen molar-refractivity contribution in [3.63, 3.8) is 0 Å². The van der Waals surface area contributed by atoms with Crippen molar-refractivity contribution in [3.05, 3.63) is 59.7 Å². The second kappa shape index (κ2) is 9.36. The normalized spacial score (nSPS) is 10.3. The second-order valence-corrected chi connectivity index (χ2v) is 5.75. The van der Waals surface area contributed by atoms with Gasteiger partial charge in [0.1, 0.15) is 18.1 Å². The number of halogens is 1. The van der Waals surface area contributed by atoms with Crippen LogP contribution < -0.4 is 9.47 Å². The minimum atomic E-state index is -0.00632. The van der Waals surface area contributed by atoms with Gasteiger partial charge in [0.2, 0.25) is 0 Å². The fourth-order valence-corrected chi connectivity index (χ4v) is 2.39. The van der Waals surface area contributed by atoms with E-state index < -0.39 is 0 Å². The van der Waals surface area contributed by atoms with Gasteiger partial charge in [0.15, 0.2) is 5.78 Å². The molecule has 0 bridgehead atoms. The standard InChI is InChI=1S/C19H21BrO3/c1-2-3-11-22-16-9-10-17(18(21)13-20)19(12-16)23-14-15-7-5-4-6-8-15/h4-10,12H,2-3,11,13-14H2,1H3. The molecule has 4 heteroatoms. The molecule has 0 fully saturated rings. The lowest BCUT2D eigenvalue weighted by Crippen LogP contribution is -2.06. The summed E-state index contributed by atoms with van der Waals surface area (Å²) < 4.78 is 11.6. The van der Waals surface area contributed by atoms with Gasteiger partial charge >= 0.3 is 0 Å². The molecule has 0 amide bonds. The lowest BCUT2D eigenvalue weighted by atomic mass is 10.1. The van der Waals surface area contributed by atoms with Crippen LogP contribution in [0.25, 0.3) is 0 Å². The molecule has 0 aliphatic carbocycles. The van der Waals surface area contributed by atoms with Crippen molar-refractivity contribution in [2.24, 2.45) is 0 Å². The van der Waals surface area contributed by atoms with Gasteiger partial charge in [-0.15, -0.1) is 0 Å². The van der Waals surface area contributed by atoms with E-state index in [-0.39, 0.29) is 11.1 Å². The Morgan fingerprint density at radius 1 is 1.09 bits per heavy atom. The Kier molecular flexibility index (Phi) is 7.14. The Bertz CT molecular complexity index is 626. The highest BCUT2D eigenvalue weighted by molar-refractivity contribution is 9.09. The number of hydrogen-bond donors (Lipinski definition) is 0. The van der Waals surface area contributed by atoms with E-state index in [0.717, 1.165) is 24.2 Å². The summed E-state index contributed by atoms with van der Waals surface area (Å²) in [6.45, 7) is 3.21. The molecule has 0 atom stereocenters. The average molecular weight is 377 g/mol. The molecule has 0 radical (unpaired) electrons. The maximum Gasteiger partial charge on any atom is 0.177 e. The van der Waals surface area contributed by atoms with Crippen molar-refractivity contribution >= 4 is 21.7 Å². The van der Waals surface area contributed by atoms with Crippen molar-refractivity contribution in [2.45, 2.75) is 26.4 Å². The van der Waals surface area contributed by atoms with Gasteiger partial charge in [0.05, 0.1) is 17.5 Å². The molecule has 0 heterocycles. The smallest absolute Gasteiger partial charge is 0.177 e. The highest BCUT2D eigenvalue weighted by atomic mass is 79.9. The van der Waals surface area contributed by atoms with E-state index in [1.54, 1.807) is 12.1 Å². The maximum absolute atomic E-state index is 12.0. The number of unbranched alkanes of at least 4 members (excludes halogenated alkanes) is 1. The van der Waals surface area contributed by atoms with Crippen LogP contribution in [-0.2, 0) is 6.61 Å². The van der Waals surface area contributed by atoms with Crippen LogP contribution in [0.3, 0.4) is 0 Å². The van der Waals surface area contributed by atoms with Gasteiger partial charge in [0.25, 0.3) is 0 Å². The summed E-state index contributed by atoms with van der Waals surface area (Å²) in [7, 11) is 0. The van der Waals surface area contributed by atoms with Gasteiger partial charge in [0, 0.05) is 6.07 Å². The lowest BCUT2D eigenvalue weighted by Gasteiger charge is -2.13. The molecule has 0 aliphatic rings. The van der Waals surface area contributed by atoms with E-state index in [0.29, 0.717) is 24.5 Å². The minimum Gasteiger partial charge on any atom is -0.493 e. The van der Waals surface area contributed by atoms with Crippen LogP contribution in [0.5, 0.6) is 11.5 Å². The maximum atomic E-state index is 12.0. The summed E-state index contributed by atoms with van der Waals surface area (Å²) in [5.41, 5.74) is 1.63. The Hall–Kier alpha value is -1.81. The molecule has 0 N–H and O–H groups in total. The second-order valence-electron chi connectivity index (χ2n) is 5.19. The molecule has 3 nitrogen and oxygen atoms in total. The average Bonchev–Trinajstić information content (AvgIpc) is 2.60. The first-order chi connectivity index (χ1) is 11.2. The van der Waals surface area contributed by atoms with Gasteiger partial charge in [-0.05, 0) is 24.1 Å². The van der Waals surface area contributed by atoms with Crippen molar-refractivity contribution in [1.82, 2.24) is 0 Å². The zero-order valence-corrected chi connectivity index (χ0v) is 14.8. The zero-order valence-electron chi connectivity index (χ0n) is 13.3. The van der Waals surface area contributed by atoms with E-state index in [1.165, 1.54) is 0 Å². The first kappa shape index (κ1) is 17.5. The molecular formula is C19H21BrO3. The van der Waals surface area contributed by atoms with Gasteiger partial charge in [-0.25, -0.2) is 0 Å². The predicted molar refractivity (Wildman–Crippen MR) is 95.7 cm³/mol. The third-order valence-corrected chi connectivity index (χ3v) is 3.89. The van der Waals surface area contributed by atoms with E-state index in [1.807, 2.05) is 36.4 Å². The van der Waals surface area contributed by atoms with E-state index >= 15 is 0 Å². The molecule has 0 spiro atoms. The third kappa shape index (κ3) is 5.39. The van der Waals surface area contributed by atoms with E-state index in [9.17, 15) is 4.79 Å². The van der Waals surface area contributed by atoms with Crippen LogP contribution in [0.4, 0.5) is 0 Å². The van der Waals surface area contributed by atoms with Crippen molar-refractivity contribution in [2.75, 3.05) is 11.9 Å². The number of alkyl halides is 1. The molecule has 0 aliphatic heterocycles. The Labute approximate surface area is 145 Å². The SMILES string of the molecule is CCCCOc1ccc(C(=O)CBr)c(OCc2ccccc2)c1. The van der Waals surface area contributed by atoms with Crippen LogP contribution in [0.1, 0.15) is 35.7 Å². The predicted octanol–water partition coefficient (Wildman–Crippen LogP) is 5.02. The summed E-state index contributed by atoms with van der Waals surface area (Å²) >= 11 is 3.22. The first-order valence-electron chi connectivity index (χ1n) is 7.77. The van der Waals surface area contributed by atoms with Crippen LogP contribution in [0.15, 0.2) is 48.5 Å². The van der Waals surface area contributed by atoms with Crippen molar-refractivity contribution < 1.29 is 14.3 Å². The number of Topliss-reactive ketones (excluding diaryl/α,β-unsaturated/α-hetero) is 1. The minimum absolute atomic E-state index is 0.00632. The van der Waals surface area contributed by atoms with Gasteiger partial charge in [-0.3, -0.25) is 4.79 Å². The number of ether oxygens (including phenoxy) is 2. The van der Waals surface area contributed by atoms with Crippen LogP contribution in [0.2, 0.25) is 0 Å². The number of benzene rings is 2. The lowest BCUT2D eigenvalue weighted by molar-refractivity contribution is 0.101. The largest absolute Gasteiger partial charge is 0.493 e. The quantitative estimate of drug-likeness (QED) is 0.350. The highest BCUT2D eigenvalue weighted by Crippen LogP contribution is 2.27. The fourth-order valence-electron chi connectivity index (χ4n) is 2.08. The molecule has 122 valence electrons. The molecule has 0 saturated heterocycles. The van der Waals surface area contributed by atoms with E-state index in [4.69, 9.17) is 9.47 Å². The summed E-state index contributed by atoms with van der Waals surface area (Å²) in [5, 5.41) is 0.269. The first-order valence-corrected chi connectivity index (χ1v) is 8.89. The Balaban J connectivity index is 2.14. The van der Waals surface area contributed by atoms with Gasteiger partial charge in [-0.2, -0.15) is 0 Å². The molecule has 23 heavy (non-hydrogen) atoms. The molecule has 0 aromatic heterocycles. The molecular weight excluding hydrogens is 356 g/mol. The molecule has 0 saturated carbocycles.